The second kappa shape index (κ2) is 9.82. The van der Waals surface area contributed by atoms with Gasteiger partial charge in [0.15, 0.2) is 0 Å². The van der Waals surface area contributed by atoms with Crippen molar-refractivity contribution in [1.29, 1.82) is 0 Å². The van der Waals surface area contributed by atoms with Crippen LogP contribution in [0.3, 0.4) is 0 Å². The normalized spacial score (nSPS) is 11.7. The number of carboxylic acids is 1. The smallest absolute Gasteiger partial charge is 0.326 e. The second-order valence-corrected chi connectivity index (χ2v) is 5.30. The van der Waals surface area contributed by atoms with E-state index in [0.29, 0.717) is 19.3 Å². The summed E-state index contributed by atoms with van der Waals surface area (Å²) >= 11 is 0. The molecule has 0 aliphatic rings. The number of hydrogen-bond donors (Lipinski definition) is 2. The first-order valence-corrected chi connectivity index (χ1v) is 7.72. The molecule has 22 heavy (non-hydrogen) atoms. The van der Waals surface area contributed by atoms with Crippen molar-refractivity contribution in [3.05, 3.63) is 29.8 Å². The Bertz CT molecular complexity index is 470. The molecule has 1 atom stereocenters. The molecule has 2 N–H and O–H groups in total. The number of rotatable bonds is 10. The van der Waals surface area contributed by atoms with Crippen molar-refractivity contribution in [3.63, 3.8) is 0 Å². The first-order valence-electron chi connectivity index (χ1n) is 7.72. The quantitative estimate of drug-likeness (QED) is 0.697. The Kier molecular flexibility index (Phi) is 8.04. The van der Waals surface area contributed by atoms with Gasteiger partial charge in [0.1, 0.15) is 11.8 Å². The summed E-state index contributed by atoms with van der Waals surface area (Å²) in [6.07, 6.45) is 4.00. The Morgan fingerprint density at radius 1 is 1.23 bits per heavy atom. The van der Waals surface area contributed by atoms with Crippen molar-refractivity contribution < 1.29 is 19.4 Å². The number of nitrogens with one attached hydrogen (secondary N) is 1. The van der Waals surface area contributed by atoms with E-state index in [9.17, 15) is 9.59 Å². The number of carbonyl (C=O) groups is 2. The minimum atomic E-state index is -0.961. The van der Waals surface area contributed by atoms with Gasteiger partial charge in [-0.1, -0.05) is 31.9 Å². The standard InChI is InChI=1S/C17H25NO4/c1-3-4-7-15(17(20)21)18-16(19)8-5-6-13-9-11-14(22-2)12-10-13/h9-12,15H,3-8H2,1-2H3,(H,18,19)(H,20,21). The number of carbonyl (C=O) groups excluding carboxylic acids is 1. The Morgan fingerprint density at radius 2 is 1.91 bits per heavy atom. The summed E-state index contributed by atoms with van der Waals surface area (Å²) in [4.78, 5) is 22.9. The molecule has 0 heterocycles. The molecule has 1 unspecified atom stereocenters. The summed E-state index contributed by atoms with van der Waals surface area (Å²) < 4.78 is 5.09. The van der Waals surface area contributed by atoms with E-state index >= 15 is 0 Å². The number of hydrogen-bond acceptors (Lipinski definition) is 3. The lowest BCUT2D eigenvalue weighted by Crippen LogP contribution is -2.40. The largest absolute Gasteiger partial charge is 0.497 e. The van der Waals surface area contributed by atoms with Crippen molar-refractivity contribution in [2.24, 2.45) is 0 Å². The highest BCUT2D eigenvalue weighted by atomic mass is 16.5. The molecule has 5 heteroatoms. The zero-order chi connectivity index (χ0) is 16.4. The van der Waals surface area contributed by atoms with Crippen molar-refractivity contribution >= 4 is 11.9 Å². The van der Waals surface area contributed by atoms with Crippen molar-refractivity contribution in [1.82, 2.24) is 5.32 Å². The van der Waals surface area contributed by atoms with Crippen LogP contribution in [0.5, 0.6) is 5.75 Å². The van der Waals surface area contributed by atoms with Gasteiger partial charge in [0.25, 0.3) is 0 Å². The van der Waals surface area contributed by atoms with Gasteiger partial charge < -0.3 is 15.2 Å². The molecule has 0 aliphatic heterocycles. The maximum Gasteiger partial charge on any atom is 0.326 e. The molecule has 0 aliphatic carbocycles. The third-order valence-electron chi connectivity index (χ3n) is 3.51. The molecule has 0 saturated carbocycles. The van der Waals surface area contributed by atoms with E-state index in [0.717, 1.165) is 30.6 Å². The van der Waals surface area contributed by atoms with Crippen LogP contribution in [0.1, 0.15) is 44.6 Å². The number of aryl methyl sites for hydroxylation is 1. The zero-order valence-electron chi connectivity index (χ0n) is 13.3. The van der Waals surface area contributed by atoms with E-state index in [1.807, 2.05) is 31.2 Å². The fourth-order valence-electron chi connectivity index (χ4n) is 2.18. The third-order valence-corrected chi connectivity index (χ3v) is 3.51. The average molecular weight is 307 g/mol. The Balaban J connectivity index is 2.33. The fraction of sp³-hybridized carbons (Fsp3) is 0.529. The molecule has 0 radical (unpaired) electrons. The third kappa shape index (κ3) is 6.61. The van der Waals surface area contributed by atoms with Gasteiger partial charge in [-0.15, -0.1) is 0 Å². The van der Waals surface area contributed by atoms with Crippen LogP contribution in [0.25, 0.3) is 0 Å². The zero-order valence-corrected chi connectivity index (χ0v) is 13.3. The maximum atomic E-state index is 11.8. The summed E-state index contributed by atoms with van der Waals surface area (Å²) in [5.74, 6) is -0.351. The summed E-state index contributed by atoms with van der Waals surface area (Å²) in [5.41, 5.74) is 1.13. The van der Waals surface area contributed by atoms with Crippen LogP contribution in [0.15, 0.2) is 24.3 Å². The van der Waals surface area contributed by atoms with Gasteiger partial charge in [0.05, 0.1) is 7.11 Å². The molecule has 0 bridgehead atoms. The first-order chi connectivity index (χ1) is 10.6. The van der Waals surface area contributed by atoms with Gasteiger partial charge in [-0.3, -0.25) is 4.79 Å². The monoisotopic (exact) mass is 307 g/mol. The lowest BCUT2D eigenvalue weighted by atomic mass is 10.1. The van der Waals surface area contributed by atoms with Crippen LogP contribution in [0.2, 0.25) is 0 Å². The summed E-state index contributed by atoms with van der Waals surface area (Å²) in [6.45, 7) is 2.00. The van der Waals surface area contributed by atoms with Crippen LogP contribution in [0.4, 0.5) is 0 Å². The molecule has 0 aromatic heterocycles. The Morgan fingerprint density at radius 3 is 2.45 bits per heavy atom. The van der Waals surface area contributed by atoms with E-state index in [1.54, 1.807) is 7.11 Å². The lowest BCUT2D eigenvalue weighted by Gasteiger charge is -2.14. The van der Waals surface area contributed by atoms with E-state index in [4.69, 9.17) is 9.84 Å². The summed E-state index contributed by atoms with van der Waals surface area (Å²) in [6, 6.07) is 6.95. The maximum absolute atomic E-state index is 11.8. The molecule has 5 nitrogen and oxygen atoms in total. The molecule has 0 spiro atoms. The van der Waals surface area contributed by atoms with Crippen LogP contribution in [-0.2, 0) is 16.0 Å². The van der Waals surface area contributed by atoms with E-state index in [1.165, 1.54) is 0 Å². The molecule has 0 fully saturated rings. The predicted octanol–water partition coefficient (Wildman–Crippen LogP) is 2.78. The molecule has 1 rings (SSSR count). The SMILES string of the molecule is CCCCC(NC(=O)CCCc1ccc(OC)cc1)C(=O)O. The molecule has 1 amide bonds. The lowest BCUT2D eigenvalue weighted by molar-refractivity contribution is -0.142. The van der Waals surface area contributed by atoms with Gasteiger partial charge in [0, 0.05) is 6.42 Å². The van der Waals surface area contributed by atoms with Gasteiger partial charge in [-0.05, 0) is 37.0 Å². The van der Waals surface area contributed by atoms with Gasteiger partial charge in [-0.2, -0.15) is 0 Å². The number of ether oxygens (including phenoxy) is 1. The molecule has 1 aromatic carbocycles. The number of amides is 1. The molecular weight excluding hydrogens is 282 g/mol. The average Bonchev–Trinajstić information content (AvgIpc) is 2.51. The van der Waals surface area contributed by atoms with Crippen LogP contribution in [-0.4, -0.2) is 30.1 Å². The van der Waals surface area contributed by atoms with E-state index in [-0.39, 0.29) is 5.91 Å². The Hall–Kier alpha value is -2.04. The molecule has 0 saturated heterocycles. The van der Waals surface area contributed by atoms with Gasteiger partial charge >= 0.3 is 5.97 Å². The number of benzene rings is 1. The highest BCUT2D eigenvalue weighted by Gasteiger charge is 2.18. The van der Waals surface area contributed by atoms with Crippen LogP contribution < -0.4 is 10.1 Å². The van der Waals surface area contributed by atoms with Gasteiger partial charge in [0.2, 0.25) is 5.91 Å². The molecular formula is C17H25NO4. The van der Waals surface area contributed by atoms with E-state index in [2.05, 4.69) is 5.32 Å². The predicted molar refractivity (Wildman–Crippen MR) is 85.0 cm³/mol. The Labute approximate surface area is 131 Å². The topological polar surface area (TPSA) is 75.6 Å². The van der Waals surface area contributed by atoms with Crippen LogP contribution >= 0.6 is 0 Å². The molecule has 122 valence electrons. The molecule has 1 aromatic rings. The minimum Gasteiger partial charge on any atom is -0.497 e. The second-order valence-electron chi connectivity index (χ2n) is 5.30. The number of aliphatic carboxylic acids is 1. The number of unbranched alkanes of at least 4 members (excludes halogenated alkanes) is 1. The summed E-state index contributed by atoms with van der Waals surface area (Å²) in [5, 5.41) is 11.7. The highest BCUT2D eigenvalue weighted by Crippen LogP contribution is 2.13. The van der Waals surface area contributed by atoms with Crippen LogP contribution in [0, 0.1) is 0 Å². The van der Waals surface area contributed by atoms with Gasteiger partial charge in [-0.25, -0.2) is 4.79 Å². The fourth-order valence-corrected chi connectivity index (χ4v) is 2.18. The summed E-state index contributed by atoms with van der Waals surface area (Å²) in [7, 11) is 1.62. The van der Waals surface area contributed by atoms with E-state index < -0.39 is 12.0 Å². The van der Waals surface area contributed by atoms with Crippen molar-refractivity contribution in [3.8, 4) is 5.75 Å². The minimum absolute atomic E-state index is 0.197. The number of carboxylic acid groups (broad SMARTS) is 1. The number of methoxy groups -OCH3 is 1. The first kappa shape index (κ1) is 18.0. The van der Waals surface area contributed by atoms with Crippen molar-refractivity contribution in [2.45, 2.75) is 51.5 Å². The highest BCUT2D eigenvalue weighted by molar-refractivity contribution is 5.83. The van der Waals surface area contributed by atoms with Crippen molar-refractivity contribution in [2.75, 3.05) is 7.11 Å².